The highest BCUT2D eigenvalue weighted by Crippen LogP contribution is 2.54. The summed E-state index contributed by atoms with van der Waals surface area (Å²) in [5.41, 5.74) is 1.93. The minimum absolute atomic E-state index is 0.0748. The number of aliphatic hydroxyl groups is 1. The molecule has 3 heterocycles. The summed E-state index contributed by atoms with van der Waals surface area (Å²) in [7, 11) is -3.69. The number of carbonyl (C=O) groups excluding carboxylic acids is 1. The molecule has 11 nitrogen and oxygen atoms in total. The van der Waals surface area contributed by atoms with Gasteiger partial charge in [0.1, 0.15) is 5.82 Å². The van der Waals surface area contributed by atoms with E-state index in [4.69, 9.17) is 9.84 Å². The molecule has 1 aliphatic carbocycles. The molecule has 3 N–H and O–H groups in total. The molecule has 2 aliphatic heterocycles. The van der Waals surface area contributed by atoms with E-state index >= 15 is 0 Å². The third kappa shape index (κ3) is 6.13. The number of benzene rings is 1. The number of nitrogens with zero attached hydrogens (tertiary/aromatic N) is 4. The molecule has 2 aromatic rings. The van der Waals surface area contributed by atoms with Crippen LogP contribution in [0.15, 0.2) is 30.5 Å². The number of anilines is 4. The molecule has 200 valence electrons. The summed E-state index contributed by atoms with van der Waals surface area (Å²) >= 11 is 0. The Kier molecular flexibility index (Phi) is 7.24. The zero-order valence-corrected chi connectivity index (χ0v) is 21.8. The van der Waals surface area contributed by atoms with Crippen molar-refractivity contribution in [2.24, 2.45) is 5.41 Å². The van der Waals surface area contributed by atoms with Gasteiger partial charge in [-0.1, -0.05) is 0 Å². The van der Waals surface area contributed by atoms with Crippen LogP contribution in [-0.2, 0) is 14.8 Å². The van der Waals surface area contributed by atoms with Crippen molar-refractivity contribution in [3.05, 3.63) is 36.0 Å². The number of amides is 1. The standard InChI is InChI=1S/C25H34N6O5S/c1-18-17-31(12-14-36-18)24-26-9-4-22(28-24)27-23(33)20-3-2-19(29-37(34,35)15-13-32)16-21(20)30-10-7-25(5-6-25)8-11-30/h2-4,9,16,18,29,32H,5-8,10-15,17H2,1H3,(H,26,27,28,33)/t18-/m0/s1. The number of hydrogen-bond donors (Lipinski definition) is 3. The van der Waals surface area contributed by atoms with Crippen molar-refractivity contribution in [1.82, 2.24) is 9.97 Å². The summed E-state index contributed by atoms with van der Waals surface area (Å²) in [6, 6.07) is 6.56. The SMILES string of the molecule is C[C@H]1CN(c2nccc(NC(=O)c3ccc(NS(=O)(=O)CCO)cc3N3CCC4(CC3)CC4)n2)CCO1. The van der Waals surface area contributed by atoms with Crippen molar-refractivity contribution in [3.8, 4) is 0 Å². The maximum absolute atomic E-state index is 13.5. The molecule has 0 bridgehead atoms. The Morgan fingerprint density at radius 2 is 1.95 bits per heavy atom. The van der Waals surface area contributed by atoms with E-state index in [1.54, 1.807) is 30.5 Å². The van der Waals surface area contributed by atoms with E-state index in [0.29, 0.717) is 53.8 Å². The first-order chi connectivity index (χ1) is 17.8. The van der Waals surface area contributed by atoms with E-state index in [2.05, 4.69) is 24.9 Å². The van der Waals surface area contributed by atoms with Gasteiger partial charge in [0.15, 0.2) is 0 Å². The highest BCUT2D eigenvalue weighted by molar-refractivity contribution is 7.92. The average Bonchev–Trinajstić information content (AvgIpc) is 3.63. The second kappa shape index (κ2) is 10.4. The number of nitrogens with one attached hydrogen (secondary N) is 2. The molecule has 5 rings (SSSR count). The number of rotatable bonds is 8. The van der Waals surface area contributed by atoms with Crippen LogP contribution in [0, 0.1) is 5.41 Å². The first-order valence-electron chi connectivity index (χ1n) is 12.8. The number of carbonyl (C=O) groups is 1. The molecule has 1 aromatic heterocycles. The summed E-state index contributed by atoms with van der Waals surface area (Å²) in [6.45, 7) is 5.08. The molecule has 0 radical (unpaired) electrons. The largest absolute Gasteiger partial charge is 0.395 e. The molecule has 1 atom stereocenters. The van der Waals surface area contributed by atoms with E-state index in [1.807, 2.05) is 11.8 Å². The highest BCUT2D eigenvalue weighted by Gasteiger charge is 2.44. The molecule has 1 spiro atoms. The topological polar surface area (TPSA) is 137 Å². The third-order valence-corrected chi connectivity index (χ3v) is 8.67. The molecule has 2 saturated heterocycles. The predicted octanol–water partition coefficient (Wildman–Crippen LogP) is 2.07. The van der Waals surface area contributed by atoms with Crippen molar-refractivity contribution in [2.45, 2.75) is 38.7 Å². The Balaban J connectivity index is 1.38. The number of ether oxygens (including phenoxy) is 1. The minimum atomic E-state index is -3.69. The molecule has 3 fully saturated rings. The van der Waals surface area contributed by atoms with Gasteiger partial charge in [0.25, 0.3) is 5.91 Å². The van der Waals surface area contributed by atoms with Crippen LogP contribution in [0.4, 0.5) is 23.1 Å². The van der Waals surface area contributed by atoms with Crippen molar-refractivity contribution in [2.75, 3.05) is 65.0 Å². The number of aliphatic hydroxyl groups excluding tert-OH is 1. The molecule has 0 unspecified atom stereocenters. The molecule has 1 aromatic carbocycles. The number of piperidine rings is 1. The molecule has 1 saturated carbocycles. The molecular formula is C25H34N6O5S. The van der Waals surface area contributed by atoms with E-state index in [1.165, 1.54) is 12.8 Å². The van der Waals surface area contributed by atoms with Crippen LogP contribution in [-0.4, -0.2) is 80.6 Å². The molecule has 1 amide bonds. The van der Waals surface area contributed by atoms with Crippen molar-refractivity contribution in [1.29, 1.82) is 0 Å². The fourth-order valence-corrected chi connectivity index (χ4v) is 5.88. The normalized spacial score (nSPS) is 21.1. The fourth-order valence-electron chi connectivity index (χ4n) is 5.05. The van der Waals surface area contributed by atoms with E-state index in [0.717, 1.165) is 25.9 Å². The Bertz CT molecular complexity index is 1240. The number of aromatic nitrogens is 2. The molecular weight excluding hydrogens is 496 g/mol. The van der Waals surface area contributed by atoms with Gasteiger partial charge in [0.05, 0.1) is 42.0 Å². The van der Waals surface area contributed by atoms with Gasteiger partial charge in [0.2, 0.25) is 16.0 Å². The minimum Gasteiger partial charge on any atom is -0.395 e. The van der Waals surface area contributed by atoms with Crippen LogP contribution < -0.4 is 19.8 Å². The van der Waals surface area contributed by atoms with Gasteiger partial charge < -0.3 is 25.0 Å². The van der Waals surface area contributed by atoms with Crippen LogP contribution in [0.2, 0.25) is 0 Å². The zero-order chi connectivity index (χ0) is 26.0. The van der Waals surface area contributed by atoms with E-state index < -0.39 is 22.4 Å². The van der Waals surface area contributed by atoms with Crippen molar-refractivity contribution < 1.29 is 23.1 Å². The lowest BCUT2D eigenvalue weighted by molar-refractivity contribution is 0.0526. The lowest BCUT2D eigenvalue weighted by Crippen LogP contribution is -2.42. The highest BCUT2D eigenvalue weighted by atomic mass is 32.2. The van der Waals surface area contributed by atoms with Gasteiger partial charge in [0, 0.05) is 32.4 Å². The Hall–Kier alpha value is -2.96. The summed E-state index contributed by atoms with van der Waals surface area (Å²) < 4.78 is 32.6. The molecule has 37 heavy (non-hydrogen) atoms. The van der Waals surface area contributed by atoms with Crippen LogP contribution in [0.3, 0.4) is 0 Å². The first-order valence-corrected chi connectivity index (χ1v) is 14.4. The summed E-state index contributed by atoms with van der Waals surface area (Å²) in [6.07, 6.45) is 6.33. The number of sulfonamides is 1. The predicted molar refractivity (Wildman–Crippen MR) is 142 cm³/mol. The first kappa shape index (κ1) is 25.7. The number of morpholine rings is 1. The Morgan fingerprint density at radius 1 is 1.16 bits per heavy atom. The summed E-state index contributed by atoms with van der Waals surface area (Å²) in [5.74, 6) is 0.205. The van der Waals surface area contributed by atoms with E-state index in [9.17, 15) is 13.2 Å². The van der Waals surface area contributed by atoms with Crippen LogP contribution in [0.1, 0.15) is 43.0 Å². The number of hydrogen-bond acceptors (Lipinski definition) is 9. The second-order valence-electron chi connectivity index (χ2n) is 10.2. The maximum Gasteiger partial charge on any atom is 0.258 e. The monoisotopic (exact) mass is 530 g/mol. The van der Waals surface area contributed by atoms with Gasteiger partial charge >= 0.3 is 0 Å². The van der Waals surface area contributed by atoms with Crippen LogP contribution >= 0.6 is 0 Å². The lowest BCUT2D eigenvalue weighted by atomic mass is 9.93. The van der Waals surface area contributed by atoms with Crippen molar-refractivity contribution in [3.63, 3.8) is 0 Å². The fraction of sp³-hybridized carbons (Fsp3) is 0.560. The summed E-state index contributed by atoms with van der Waals surface area (Å²) in [4.78, 5) is 26.6. The average molecular weight is 531 g/mol. The van der Waals surface area contributed by atoms with Gasteiger partial charge in [-0.2, -0.15) is 4.98 Å². The summed E-state index contributed by atoms with van der Waals surface area (Å²) in [5, 5.41) is 12.0. The van der Waals surface area contributed by atoms with E-state index in [-0.39, 0.29) is 12.0 Å². The van der Waals surface area contributed by atoms with Crippen LogP contribution in [0.25, 0.3) is 0 Å². The Morgan fingerprint density at radius 3 is 2.65 bits per heavy atom. The maximum atomic E-state index is 13.5. The van der Waals surface area contributed by atoms with Gasteiger partial charge in [-0.25, -0.2) is 13.4 Å². The smallest absolute Gasteiger partial charge is 0.258 e. The Labute approximate surface area is 217 Å². The molecule has 3 aliphatic rings. The van der Waals surface area contributed by atoms with Crippen LogP contribution in [0.5, 0.6) is 0 Å². The van der Waals surface area contributed by atoms with Gasteiger partial charge in [-0.05, 0) is 62.3 Å². The van der Waals surface area contributed by atoms with Gasteiger partial charge in [-0.15, -0.1) is 0 Å². The van der Waals surface area contributed by atoms with Gasteiger partial charge in [-0.3, -0.25) is 9.52 Å². The second-order valence-corrected chi connectivity index (χ2v) is 12.0. The molecule has 12 heteroatoms. The third-order valence-electron chi connectivity index (χ3n) is 7.41. The van der Waals surface area contributed by atoms with Crippen molar-refractivity contribution >= 4 is 39.1 Å². The quantitative estimate of drug-likeness (QED) is 0.468. The zero-order valence-electron chi connectivity index (χ0n) is 21.0. The lowest BCUT2D eigenvalue weighted by Gasteiger charge is -2.35.